The van der Waals surface area contributed by atoms with Crippen molar-refractivity contribution >= 4 is 0 Å². The minimum atomic E-state index is 0.0507. The average Bonchev–Trinajstić information content (AvgIpc) is 3.26. The zero-order valence-corrected chi connectivity index (χ0v) is 17.5. The first-order valence-electron chi connectivity index (χ1n) is 12.0. The molecule has 1 heterocycles. The van der Waals surface area contributed by atoms with Gasteiger partial charge in [0, 0.05) is 11.8 Å². The van der Waals surface area contributed by atoms with Crippen molar-refractivity contribution in [2.24, 2.45) is 17.8 Å². The minimum Gasteiger partial charge on any atom is -0.349 e. The Kier molecular flexibility index (Phi) is 8.94. The van der Waals surface area contributed by atoms with Gasteiger partial charge in [-0.2, -0.15) is 5.26 Å². The number of unbranched alkanes of at least 4 members (excludes halogenated alkanes) is 8. The molecule has 27 heavy (non-hydrogen) atoms. The van der Waals surface area contributed by atoms with Crippen LogP contribution in [-0.4, -0.2) is 18.5 Å². The second kappa shape index (κ2) is 11.4. The van der Waals surface area contributed by atoms with Crippen LogP contribution in [0.4, 0.5) is 0 Å². The number of nitrogens with zero attached hydrogens (tertiary/aromatic N) is 1. The third-order valence-electron chi connectivity index (χ3n) is 7.18. The summed E-state index contributed by atoms with van der Waals surface area (Å²) in [5.74, 6) is 1.86. The van der Waals surface area contributed by atoms with Crippen LogP contribution in [0.15, 0.2) is 0 Å². The molecule has 154 valence electrons. The fourth-order valence-corrected chi connectivity index (χ4v) is 5.59. The highest BCUT2D eigenvalue weighted by Crippen LogP contribution is 2.50. The maximum atomic E-state index is 9.39. The van der Waals surface area contributed by atoms with Crippen molar-refractivity contribution in [2.75, 3.05) is 0 Å². The second-order valence-electron chi connectivity index (χ2n) is 9.39. The molecule has 0 radical (unpaired) electrons. The van der Waals surface area contributed by atoms with Crippen molar-refractivity contribution in [3.05, 3.63) is 0 Å². The van der Waals surface area contributed by atoms with E-state index in [1.165, 1.54) is 83.5 Å². The Morgan fingerprint density at radius 3 is 2.00 bits per heavy atom. The van der Waals surface area contributed by atoms with Crippen LogP contribution in [0.25, 0.3) is 0 Å². The third kappa shape index (κ3) is 6.47. The van der Waals surface area contributed by atoms with Gasteiger partial charge in [-0.05, 0) is 50.9 Å². The molecule has 0 spiro atoms. The number of hydrogen-bond acceptors (Lipinski definition) is 3. The predicted molar refractivity (Wildman–Crippen MR) is 109 cm³/mol. The van der Waals surface area contributed by atoms with E-state index in [-0.39, 0.29) is 12.2 Å². The fraction of sp³-hybridized carbons (Fsp3) is 0.958. The van der Waals surface area contributed by atoms with Crippen LogP contribution in [0, 0.1) is 29.1 Å². The van der Waals surface area contributed by atoms with Gasteiger partial charge in [-0.1, -0.05) is 64.7 Å². The smallest absolute Gasteiger partial charge is 0.158 e. The Bertz CT molecular complexity index is 444. The minimum absolute atomic E-state index is 0.0507. The lowest BCUT2D eigenvalue weighted by Gasteiger charge is -2.40. The zero-order chi connectivity index (χ0) is 18.9. The summed E-state index contributed by atoms with van der Waals surface area (Å²) >= 11 is 0. The van der Waals surface area contributed by atoms with E-state index < -0.39 is 0 Å². The van der Waals surface area contributed by atoms with Gasteiger partial charge in [0.1, 0.15) is 0 Å². The molecule has 1 saturated heterocycles. The Morgan fingerprint density at radius 2 is 1.41 bits per heavy atom. The number of ether oxygens (including phenoxy) is 2. The quantitative estimate of drug-likeness (QED) is 0.315. The topological polar surface area (TPSA) is 42.2 Å². The van der Waals surface area contributed by atoms with E-state index in [4.69, 9.17) is 9.47 Å². The van der Waals surface area contributed by atoms with Gasteiger partial charge in [-0.25, -0.2) is 0 Å². The van der Waals surface area contributed by atoms with Crippen molar-refractivity contribution in [2.45, 2.75) is 128 Å². The maximum Gasteiger partial charge on any atom is 0.158 e. The number of hydrogen-bond donors (Lipinski definition) is 0. The van der Waals surface area contributed by atoms with Crippen molar-refractivity contribution in [3.63, 3.8) is 0 Å². The Hall–Kier alpha value is -0.590. The lowest BCUT2D eigenvalue weighted by atomic mass is 9.93. The lowest BCUT2D eigenvalue weighted by Crippen LogP contribution is -2.44. The van der Waals surface area contributed by atoms with E-state index in [2.05, 4.69) is 13.0 Å². The first-order chi connectivity index (χ1) is 13.3. The first kappa shape index (κ1) is 21.1. The number of fused-ring (bicyclic) bond motifs is 1. The predicted octanol–water partition coefficient (Wildman–Crippen LogP) is 6.76. The van der Waals surface area contributed by atoms with E-state index in [0.29, 0.717) is 18.1 Å². The van der Waals surface area contributed by atoms with E-state index in [1.807, 2.05) is 0 Å². The van der Waals surface area contributed by atoms with Gasteiger partial charge in [0.15, 0.2) is 6.29 Å². The van der Waals surface area contributed by atoms with Gasteiger partial charge in [-0.3, -0.25) is 0 Å². The highest BCUT2D eigenvalue weighted by Gasteiger charge is 2.51. The van der Waals surface area contributed by atoms with Gasteiger partial charge in [0.05, 0.1) is 18.3 Å². The summed E-state index contributed by atoms with van der Waals surface area (Å²) in [6, 6.07) is 2.54. The SMILES string of the molecule is CCCCCCCCCC(C#N)CCCCCC1OC2CC3CC(O1)C2C3. The van der Waals surface area contributed by atoms with Crippen molar-refractivity contribution < 1.29 is 9.47 Å². The van der Waals surface area contributed by atoms with E-state index in [0.717, 1.165) is 25.2 Å². The maximum absolute atomic E-state index is 9.39. The van der Waals surface area contributed by atoms with Gasteiger partial charge in [-0.15, -0.1) is 0 Å². The third-order valence-corrected chi connectivity index (χ3v) is 7.18. The highest BCUT2D eigenvalue weighted by molar-refractivity contribution is 4.99. The molecule has 2 bridgehead atoms. The van der Waals surface area contributed by atoms with Crippen LogP contribution in [0.3, 0.4) is 0 Å². The molecule has 2 aliphatic carbocycles. The summed E-state index contributed by atoms with van der Waals surface area (Å²) in [6.07, 6.45) is 21.1. The van der Waals surface area contributed by atoms with Gasteiger partial charge < -0.3 is 9.47 Å². The van der Waals surface area contributed by atoms with Crippen LogP contribution in [-0.2, 0) is 9.47 Å². The molecule has 3 nitrogen and oxygen atoms in total. The van der Waals surface area contributed by atoms with E-state index in [9.17, 15) is 5.26 Å². The molecule has 3 unspecified atom stereocenters. The average molecular weight is 376 g/mol. The lowest BCUT2D eigenvalue weighted by molar-refractivity contribution is -0.268. The molecule has 3 fully saturated rings. The largest absolute Gasteiger partial charge is 0.349 e. The number of nitriles is 1. The zero-order valence-electron chi connectivity index (χ0n) is 17.5. The summed E-state index contributed by atoms with van der Waals surface area (Å²) in [7, 11) is 0. The van der Waals surface area contributed by atoms with E-state index >= 15 is 0 Å². The summed E-state index contributed by atoms with van der Waals surface area (Å²) < 4.78 is 12.4. The molecule has 0 N–H and O–H groups in total. The van der Waals surface area contributed by atoms with Gasteiger partial charge in [0.2, 0.25) is 0 Å². The summed E-state index contributed by atoms with van der Waals surface area (Å²) in [4.78, 5) is 0. The molecule has 0 amide bonds. The molecule has 1 aliphatic heterocycles. The second-order valence-corrected chi connectivity index (χ2v) is 9.39. The molecular formula is C24H41NO2. The highest BCUT2D eigenvalue weighted by atomic mass is 16.7. The van der Waals surface area contributed by atoms with Gasteiger partial charge in [0.25, 0.3) is 0 Å². The van der Waals surface area contributed by atoms with Crippen LogP contribution >= 0.6 is 0 Å². The van der Waals surface area contributed by atoms with Crippen molar-refractivity contribution in [1.29, 1.82) is 5.26 Å². The van der Waals surface area contributed by atoms with Crippen LogP contribution in [0.2, 0.25) is 0 Å². The standard InChI is InChI=1S/C24H41NO2/c1-2-3-4-5-6-7-9-12-19(18-25)13-10-8-11-14-24-26-22-16-20-15-21(22)23(17-20)27-24/h19-24H,2-17H2,1H3. The number of rotatable bonds is 14. The normalized spacial score (nSPS) is 32.5. The molecule has 0 aromatic heterocycles. The van der Waals surface area contributed by atoms with Crippen LogP contribution in [0.1, 0.15) is 110 Å². The van der Waals surface area contributed by atoms with Crippen molar-refractivity contribution in [1.82, 2.24) is 0 Å². The Morgan fingerprint density at radius 1 is 0.815 bits per heavy atom. The van der Waals surface area contributed by atoms with Crippen molar-refractivity contribution in [3.8, 4) is 6.07 Å². The molecule has 2 saturated carbocycles. The Labute approximate surface area is 167 Å². The monoisotopic (exact) mass is 375 g/mol. The molecule has 0 aromatic carbocycles. The molecule has 3 atom stereocenters. The first-order valence-corrected chi connectivity index (χ1v) is 12.0. The fourth-order valence-electron chi connectivity index (χ4n) is 5.59. The molecule has 3 rings (SSSR count). The molecule has 3 heteroatoms. The van der Waals surface area contributed by atoms with Crippen LogP contribution < -0.4 is 0 Å². The Balaban J connectivity index is 1.17. The molecule has 3 aliphatic rings. The summed E-state index contributed by atoms with van der Waals surface area (Å²) in [6.45, 7) is 2.26. The van der Waals surface area contributed by atoms with E-state index in [1.54, 1.807) is 0 Å². The molecular weight excluding hydrogens is 334 g/mol. The summed E-state index contributed by atoms with van der Waals surface area (Å²) in [5, 5.41) is 9.39. The summed E-state index contributed by atoms with van der Waals surface area (Å²) in [5.41, 5.74) is 0. The molecule has 0 aromatic rings. The van der Waals surface area contributed by atoms with Crippen LogP contribution in [0.5, 0.6) is 0 Å². The van der Waals surface area contributed by atoms with Gasteiger partial charge >= 0.3 is 0 Å².